The van der Waals surface area contributed by atoms with Gasteiger partial charge in [-0.2, -0.15) is 0 Å². The molecule has 0 aromatic rings. The Morgan fingerprint density at radius 1 is 1.53 bits per heavy atom. The molecule has 0 radical (unpaired) electrons. The first-order chi connectivity index (χ1) is 7.11. The quantitative estimate of drug-likeness (QED) is 0.612. The van der Waals surface area contributed by atoms with Crippen LogP contribution in [0.4, 0.5) is 0 Å². The van der Waals surface area contributed by atoms with E-state index >= 15 is 0 Å². The van der Waals surface area contributed by atoms with Crippen molar-refractivity contribution in [3.05, 3.63) is 0 Å². The number of amides is 1. The molecule has 1 aliphatic heterocycles. The fourth-order valence-electron chi connectivity index (χ4n) is 2.03. The molecule has 4 nitrogen and oxygen atoms in total. The van der Waals surface area contributed by atoms with Crippen LogP contribution in [0.3, 0.4) is 0 Å². The predicted octanol–water partition coefficient (Wildman–Crippen LogP) is 0.228. The summed E-state index contributed by atoms with van der Waals surface area (Å²) in [5.74, 6) is 0.00639. The lowest BCUT2D eigenvalue weighted by atomic mass is 10.0. The van der Waals surface area contributed by atoms with Crippen LogP contribution in [0.2, 0.25) is 0 Å². The monoisotopic (exact) mass is 213 g/mol. The molecular formula is C11H23N3O. The van der Waals surface area contributed by atoms with Crippen LogP contribution >= 0.6 is 0 Å². The molecule has 0 saturated carbocycles. The Labute approximate surface area is 92.0 Å². The molecule has 0 aromatic heterocycles. The molecule has 0 aliphatic carbocycles. The van der Waals surface area contributed by atoms with Crippen molar-refractivity contribution in [1.82, 2.24) is 10.6 Å². The zero-order valence-electron chi connectivity index (χ0n) is 9.75. The number of hydrogen-bond acceptors (Lipinski definition) is 3. The van der Waals surface area contributed by atoms with Crippen molar-refractivity contribution in [1.29, 1.82) is 0 Å². The van der Waals surface area contributed by atoms with Crippen LogP contribution < -0.4 is 16.4 Å². The lowest BCUT2D eigenvalue weighted by Crippen LogP contribution is -2.50. The van der Waals surface area contributed by atoms with Crippen molar-refractivity contribution in [2.24, 2.45) is 11.7 Å². The maximum atomic E-state index is 11.2. The highest BCUT2D eigenvalue weighted by molar-refractivity contribution is 5.80. The Morgan fingerprint density at radius 2 is 2.27 bits per heavy atom. The fourth-order valence-corrected chi connectivity index (χ4v) is 2.03. The third-order valence-corrected chi connectivity index (χ3v) is 2.97. The van der Waals surface area contributed by atoms with E-state index in [4.69, 9.17) is 5.73 Å². The summed E-state index contributed by atoms with van der Waals surface area (Å²) in [5, 5.41) is 6.69. The van der Waals surface area contributed by atoms with Crippen molar-refractivity contribution in [2.45, 2.75) is 45.2 Å². The van der Waals surface area contributed by atoms with Gasteiger partial charge in [-0.1, -0.05) is 20.3 Å². The fraction of sp³-hybridized carbons (Fsp3) is 0.909. The third kappa shape index (κ3) is 4.18. The van der Waals surface area contributed by atoms with E-state index in [1.54, 1.807) is 0 Å². The van der Waals surface area contributed by atoms with Crippen LogP contribution in [-0.2, 0) is 4.79 Å². The van der Waals surface area contributed by atoms with E-state index < -0.39 is 0 Å². The summed E-state index contributed by atoms with van der Waals surface area (Å²) >= 11 is 0. The molecule has 4 heteroatoms. The molecule has 15 heavy (non-hydrogen) atoms. The number of hydrogen-bond donors (Lipinski definition) is 3. The number of rotatable bonds is 5. The van der Waals surface area contributed by atoms with Crippen LogP contribution in [-0.4, -0.2) is 31.1 Å². The highest BCUT2D eigenvalue weighted by Gasteiger charge is 2.20. The SMILES string of the molecule is CC(C)C(NCC1CCCCN1)C(N)=O. The summed E-state index contributed by atoms with van der Waals surface area (Å²) in [6.45, 7) is 5.95. The minimum absolute atomic E-state index is 0.200. The maximum absolute atomic E-state index is 11.2. The van der Waals surface area contributed by atoms with Crippen molar-refractivity contribution in [3.63, 3.8) is 0 Å². The van der Waals surface area contributed by atoms with E-state index in [-0.39, 0.29) is 17.9 Å². The largest absolute Gasteiger partial charge is 0.368 e. The van der Waals surface area contributed by atoms with Gasteiger partial charge in [-0.25, -0.2) is 0 Å². The lowest BCUT2D eigenvalue weighted by Gasteiger charge is -2.27. The molecule has 0 aromatic carbocycles. The molecule has 88 valence electrons. The molecule has 0 bridgehead atoms. The number of nitrogens with two attached hydrogens (primary N) is 1. The molecule has 2 atom stereocenters. The molecule has 1 saturated heterocycles. The highest BCUT2D eigenvalue weighted by atomic mass is 16.1. The third-order valence-electron chi connectivity index (χ3n) is 2.97. The van der Waals surface area contributed by atoms with Gasteiger partial charge in [-0.05, 0) is 25.3 Å². The van der Waals surface area contributed by atoms with Crippen LogP contribution in [0, 0.1) is 5.92 Å². The zero-order valence-corrected chi connectivity index (χ0v) is 9.75. The van der Waals surface area contributed by atoms with Gasteiger partial charge in [0.15, 0.2) is 0 Å². The van der Waals surface area contributed by atoms with Gasteiger partial charge >= 0.3 is 0 Å². The molecule has 1 amide bonds. The van der Waals surface area contributed by atoms with Crippen molar-refractivity contribution in [2.75, 3.05) is 13.1 Å². The first-order valence-corrected chi connectivity index (χ1v) is 5.87. The molecule has 1 fully saturated rings. The summed E-state index contributed by atoms with van der Waals surface area (Å²) in [6.07, 6.45) is 3.73. The normalized spacial score (nSPS) is 24.1. The summed E-state index contributed by atoms with van der Waals surface area (Å²) in [6, 6.07) is 0.299. The highest BCUT2D eigenvalue weighted by Crippen LogP contribution is 2.07. The van der Waals surface area contributed by atoms with Gasteiger partial charge in [0.05, 0.1) is 6.04 Å². The first kappa shape index (κ1) is 12.5. The van der Waals surface area contributed by atoms with Gasteiger partial charge in [-0.3, -0.25) is 4.79 Å². The van der Waals surface area contributed by atoms with E-state index in [0.29, 0.717) is 6.04 Å². The van der Waals surface area contributed by atoms with Crippen molar-refractivity contribution >= 4 is 5.91 Å². The lowest BCUT2D eigenvalue weighted by molar-refractivity contribution is -0.121. The standard InChI is InChI=1S/C11H23N3O/c1-8(2)10(11(12)15)14-7-9-5-3-4-6-13-9/h8-10,13-14H,3-7H2,1-2H3,(H2,12,15). The maximum Gasteiger partial charge on any atom is 0.234 e. The Hall–Kier alpha value is -0.610. The molecule has 1 rings (SSSR count). The number of carbonyl (C=O) groups excluding carboxylic acids is 1. The minimum atomic E-state index is -0.249. The number of nitrogens with one attached hydrogen (secondary N) is 2. The van der Waals surface area contributed by atoms with Crippen molar-refractivity contribution < 1.29 is 4.79 Å². The number of primary amides is 1. The van der Waals surface area contributed by atoms with Gasteiger partial charge < -0.3 is 16.4 Å². The summed E-state index contributed by atoms with van der Waals surface area (Å²) < 4.78 is 0. The van der Waals surface area contributed by atoms with Crippen LogP contribution in [0.1, 0.15) is 33.1 Å². The second kappa shape index (κ2) is 6.08. The minimum Gasteiger partial charge on any atom is -0.368 e. The van der Waals surface area contributed by atoms with Gasteiger partial charge in [0.25, 0.3) is 0 Å². The Bertz CT molecular complexity index is 200. The van der Waals surface area contributed by atoms with Gasteiger partial charge in [0, 0.05) is 12.6 Å². The summed E-state index contributed by atoms with van der Waals surface area (Å²) in [7, 11) is 0. The predicted molar refractivity (Wildman–Crippen MR) is 61.5 cm³/mol. The molecule has 1 aliphatic rings. The molecule has 0 spiro atoms. The first-order valence-electron chi connectivity index (χ1n) is 5.87. The van der Waals surface area contributed by atoms with Gasteiger partial charge in [-0.15, -0.1) is 0 Å². The topological polar surface area (TPSA) is 67.2 Å². The van der Waals surface area contributed by atoms with E-state index in [1.165, 1.54) is 19.3 Å². The second-order valence-corrected chi connectivity index (χ2v) is 4.68. The average Bonchev–Trinajstić information content (AvgIpc) is 2.18. The van der Waals surface area contributed by atoms with Crippen LogP contribution in [0.15, 0.2) is 0 Å². The summed E-state index contributed by atoms with van der Waals surface area (Å²) in [4.78, 5) is 11.2. The van der Waals surface area contributed by atoms with Gasteiger partial charge in [0.2, 0.25) is 5.91 Å². The molecular weight excluding hydrogens is 190 g/mol. The average molecular weight is 213 g/mol. The van der Waals surface area contributed by atoms with Gasteiger partial charge in [0.1, 0.15) is 0 Å². The van der Waals surface area contributed by atoms with Crippen molar-refractivity contribution in [3.8, 4) is 0 Å². The Balaban J connectivity index is 2.29. The van der Waals surface area contributed by atoms with E-state index in [0.717, 1.165) is 13.1 Å². The second-order valence-electron chi connectivity index (χ2n) is 4.68. The van der Waals surface area contributed by atoms with E-state index in [2.05, 4.69) is 10.6 Å². The Morgan fingerprint density at radius 3 is 2.73 bits per heavy atom. The molecule has 1 heterocycles. The summed E-state index contributed by atoms with van der Waals surface area (Å²) in [5.41, 5.74) is 5.33. The molecule has 2 unspecified atom stereocenters. The Kier molecular flexibility index (Phi) is 5.05. The van der Waals surface area contributed by atoms with E-state index in [1.807, 2.05) is 13.8 Å². The molecule has 4 N–H and O–H groups in total. The van der Waals surface area contributed by atoms with Crippen LogP contribution in [0.25, 0.3) is 0 Å². The number of carbonyl (C=O) groups is 1. The number of piperidine rings is 1. The van der Waals surface area contributed by atoms with Crippen LogP contribution in [0.5, 0.6) is 0 Å². The zero-order chi connectivity index (χ0) is 11.3. The smallest absolute Gasteiger partial charge is 0.234 e. The van der Waals surface area contributed by atoms with E-state index in [9.17, 15) is 4.79 Å².